The van der Waals surface area contributed by atoms with E-state index < -0.39 is 0 Å². The van der Waals surface area contributed by atoms with Crippen LogP contribution in [0.4, 0.5) is 0 Å². The molecule has 0 aromatic heterocycles. The Kier molecular flexibility index (Phi) is 3.97. The Bertz CT molecular complexity index is 361. The van der Waals surface area contributed by atoms with Gasteiger partial charge in [0.05, 0.1) is 6.04 Å². The zero-order valence-corrected chi connectivity index (χ0v) is 9.86. The minimum Gasteiger partial charge on any atom is -0.301 e. The molecule has 1 aromatic carbocycles. The molecule has 85 valence electrons. The predicted octanol–water partition coefficient (Wildman–Crippen LogP) is 2.88. The number of hydrogen-bond donors (Lipinski definition) is 0. The second kappa shape index (κ2) is 5.46. The Hall–Kier alpha value is -0.860. The fourth-order valence-electron chi connectivity index (χ4n) is 2.12. The van der Waals surface area contributed by atoms with Crippen molar-refractivity contribution in [1.82, 2.24) is 4.90 Å². The average molecular weight is 237 g/mol. The molecule has 0 saturated carbocycles. The van der Waals surface area contributed by atoms with Crippen molar-refractivity contribution in [3.05, 3.63) is 41.3 Å². The van der Waals surface area contributed by atoms with Crippen LogP contribution in [0.15, 0.2) is 24.3 Å². The zero-order valence-electron chi connectivity index (χ0n) is 9.10. The van der Waals surface area contributed by atoms with Crippen LogP contribution in [0.3, 0.4) is 0 Å². The Balaban J connectivity index is 2.21. The van der Waals surface area contributed by atoms with Gasteiger partial charge in [0.25, 0.3) is 0 Å². The molecule has 0 aliphatic carbocycles. The lowest BCUT2D eigenvalue weighted by Crippen LogP contribution is -2.34. The first-order valence-electron chi connectivity index (χ1n) is 5.58. The standard InChI is InChI=1S/C13H15ClNO/c14-12-7-3-2-6-11(12)13(10-16)15-8-4-1-5-9-15/h1-3,6-7,10,13H,4-5,8-9H2. The quantitative estimate of drug-likeness (QED) is 0.753. The van der Waals surface area contributed by atoms with E-state index in [1.54, 1.807) is 0 Å². The van der Waals surface area contributed by atoms with Gasteiger partial charge in [-0.3, -0.25) is 4.90 Å². The molecule has 0 amide bonds. The van der Waals surface area contributed by atoms with Gasteiger partial charge in [-0.2, -0.15) is 0 Å². The second-order valence-corrected chi connectivity index (χ2v) is 4.41. The summed E-state index contributed by atoms with van der Waals surface area (Å²) in [6.45, 7) is 1.88. The highest BCUT2D eigenvalue weighted by atomic mass is 35.5. The van der Waals surface area contributed by atoms with Crippen molar-refractivity contribution in [3.63, 3.8) is 0 Å². The average Bonchev–Trinajstić information content (AvgIpc) is 2.34. The highest BCUT2D eigenvalue weighted by Gasteiger charge is 2.23. The summed E-state index contributed by atoms with van der Waals surface area (Å²) < 4.78 is 0. The van der Waals surface area contributed by atoms with Gasteiger partial charge in [-0.15, -0.1) is 0 Å². The maximum absolute atomic E-state index is 11.2. The summed E-state index contributed by atoms with van der Waals surface area (Å²) in [6.07, 6.45) is 5.36. The molecule has 2 rings (SSSR count). The molecule has 1 radical (unpaired) electrons. The normalized spacial score (nSPS) is 19.3. The van der Waals surface area contributed by atoms with Crippen molar-refractivity contribution < 1.29 is 4.79 Å². The molecule has 1 saturated heterocycles. The van der Waals surface area contributed by atoms with Crippen LogP contribution in [-0.2, 0) is 4.79 Å². The first-order valence-corrected chi connectivity index (χ1v) is 5.96. The summed E-state index contributed by atoms with van der Waals surface area (Å²) >= 11 is 6.12. The number of nitrogens with zero attached hydrogens (tertiary/aromatic N) is 1. The van der Waals surface area contributed by atoms with Gasteiger partial charge >= 0.3 is 0 Å². The zero-order chi connectivity index (χ0) is 11.4. The molecular formula is C13H15ClNO. The number of halogens is 1. The van der Waals surface area contributed by atoms with E-state index in [1.165, 1.54) is 0 Å². The first kappa shape index (κ1) is 11.6. The van der Waals surface area contributed by atoms with Gasteiger partial charge in [-0.1, -0.05) is 29.8 Å². The van der Waals surface area contributed by atoms with E-state index in [9.17, 15) is 4.79 Å². The minimum atomic E-state index is -0.192. The number of benzene rings is 1. The summed E-state index contributed by atoms with van der Waals surface area (Å²) in [6, 6.07) is 7.39. The van der Waals surface area contributed by atoms with Crippen LogP contribution in [0.25, 0.3) is 0 Å². The van der Waals surface area contributed by atoms with Gasteiger partial charge in [-0.25, -0.2) is 0 Å². The third-order valence-electron chi connectivity index (χ3n) is 2.99. The van der Waals surface area contributed by atoms with E-state index in [0.717, 1.165) is 37.8 Å². The Morgan fingerprint density at radius 3 is 2.56 bits per heavy atom. The van der Waals surface area contributed by atoms with Crippen molar-refractivity contribution in [3.8, 4) is 0 Å². The van der Waals surface area contributed by atoms with E-state index in [4.69, 9.17) is 11.6 Å². The molecule has 3 heteroatoms. The highest BCUT2D eigenvalue weighted by Crippen LogP contribution is 2.27. The monoisotopic (exact) mass is 236 g/mol. The number of rotatable bonds is 3. The van der Waals surface area contributed by atoms with Crippen LogP contribution in [0.1, 0.15) is 24.4 Å². The largest absolute Gasteiger partial charge is 0.301 e. The Labute approximate surface area is 101 Å². The molecule has 0 spiro atoms. The molecule has 16 heavy (non-hydrogen) atoms. The van der Waals surface area contributed by atoms with Crippen molar-refractivity contribution in [2.75, 3.05) is 13.1 Å². The summed E-state index contributed by atoms with van der Waals surface area (Å²) in [5, 5.41) is 0.675. The van der Waals surface area contributed by atoms with Gasteiger partial charge in [0, 0.05) is 5.02 Å². The van der Waals surface area contributed by atoms with Crippen LogP contribution in [0, 0.1) is 6.42 Å². The molecule has 1 heterocycles. The van der Waals surface area contributed by atoms with Gasteiger partial charge in [-0.05, 0) is 44.0 Å². The van der Waals surface area contributed by atoms with Gasteiger partial charge < -0.3 is 4.79 Å². The van der Waals surface area contributed by atoms with Crippen LogP contribution >= 0.6 is 11.6 Å². The summed E-state index contributed by atoms with van der Waals surface area (Å²) in [5.41, 5.74) is 0.918. The Morgan fingerprint density at radius 1 is 1.25 bits per heavy atom. The predicted molar refractivity (Wildman–Crippen MR) is 65.4 cm³/mol. The molecule has 1 aliphatic heterocycles. The van der Waals surface area contributed by atoms with Crippen LogP contribution in [-0.4, -0.2) is 24.3 Å². The van der Waals surface area contributed by atoms with Crippen molar-refractivity contribution >= 4 is 17.9 Å². The number of piperidine rings is 1. The number of aldehydes is 1. The van der Waals surface area contributed by atoms with Crippen molar-refractivity contribution in [2.24, 2.45) is 0 Å². The lowest BCUT2D eigenvalue weighted by Gasteiger charge is -2.31. The molecule has 1 aliphatic rings. The van der Waals surface area contributed by atoms with Crippen molar-refractivity contribution in [2.45, 2.75) is 18.9 Å². The Morgan fingerprint density at radius 2 is 1.94 bits per heavy atom. The molecule has 1 unspecified atom stereocenters. The molecule has 1 atom stereocenters. The van der Waals surface area contributed by atoms with E-state index in [1.807, 2.05) is 24.3 Å². The molecule has 2 nitrogen and oxygen atoms in total. The number of carbonyl (C=O) groups is 1. The maximum Gasteiger partial charge on any atom is 0.141 e. The lowest BCUT2D eigenvalue weighted by molar-refractivity contribution is -0.112. The van der Waals surface area contributed by atoms with Crippen LogP contribution < -0.4 is 0 Å². The van der Waals surface area contributed by atoms with E-state index in [0.29, 0.717) is 5.02 Å². The lowest BCUT2D eigenvalue weighted by atomic mass is 10.0. The van der Waals surface area contributed by atoms with Crippen LogP contribution in [0.5, 0.6) is 0 Å². The topological polar surface area (TPSA) is 20.3 Å². The smallest absolute Gasteiger partial charge is 0.141 e. The third-order valence-corrected chi connectivity index (χ3v) is 3.33. The fraction of sp³-hybridized carbons (Fsp3) is 0.385. The molecule has 1 aromatic rings. The minimum absolute atomic E-state index is 0.192. The first-order chi connectivity index (χ1) is 7.83. The van der Waals surface area contributed by atoms with E-state index >= 15 is 0 Å². The summed E-state index contributed by atoms with van der Waals surface area (Å²) in [7, 11) is 0. The number of likely N-dealkylation sites (tertiary alicyclic amines) is 1. The summed E-state index contributed by atoms with van der Waals surface area (Å²) in [5.74, 6) is 0. The third kappa shape index (κ3) is 2.45. The van der Waals surface area contributed by atoms with Crippen LogP contribution in [0.2, 0.25) is 5.02 Å². The molecule has 1 fully saturated rings. The fourth-order valence-corrected chi connectivity index (χ4v) is 2.37. The SMILES string of the molecule is O=CC(c1ccccc1Cl)N1CC[CH]CC1. The van der Waals surface area contributed by atoms with Gasteiger partial charge in [0.2, 0.25) is 0 Å². The molecule has 0 bridgehead atoms. The van der Waals surface area contributed by atoms with E-state index in [2.05, 4.69) is 11.3 Å². The molecular weight excluding hydrogens is 222 g/mol. The second-order valence-electron chi connectivity index (χ2n) is 4.00. The summed E-state index contributed by atoms with van der Waals surface area (Å²) in [4.78, 5) is 13.4. The van der Waals surface area contributed by atoms with E-state index in [-0.39, 0.29) is 6.04 Å². The highest BCUT2D eigenvalue weighted by molar-refractivity contribution is 6.31. The van der Waals surface area contributed by atoms with Crippen molar-refractivity contribution in [1.29, 1.82) is 0 Å². The maximum atomic E-state index is 11.2. The number of hydrogen-bond acceptors (Lipinski definition) is 2. The van der Waals surface area contributed by atoms with Gasteiger partial charge in [0.1, 0.15) is 6.29 Å². The molecule has 0 N–H and O–H groups in total. The number of carbonyl (C=O) groups excluding carboxylic acids is 1. The van der Waals surface area contributed by atoms with Gasteiger partial charge in [0.15, 0.2) is 0 Å².